The first-order valence-electron chi connectivity index (χ1n) is 11.3. The SMILES string of the molecule is Cc1ccccc1S(=O)(=O)N1CC(=O)N2[C@H](CO)[C@H](c3ccc(C#CCC(C)C)cc3)[C@H]2C1. The second-order valence-electron chi connectivity index (χ2n) is 9.23. The molecule has 4 rings (SSSR count). The summed E-state index contributed by atoms with van der Waals surface area (Å²) in [7, 11) is -3.80. The van der Waals surface area contributed by atoms with Crippen LogP contribution in [-0.2, 0) is 14.8 Å². The van der Waals surface area contributed by atoms with E-state index in [1.54, 1.807) is 36.1 Å². The van der Waals surface area contributed by atoms with Gasteiger partial charge in [-0.05, 0) is 42.2 Å². The van der Waals surface area contributed by atoms with Gasteiger partial charge in [-0.1, -0.05) is 56.0 Å². The molecule has 2 aliphatic rings. The first-order chi connectivity index (χ1) is 15.7. The van der Waals surface area contributed by atoms with Crippen molar-refractivity contribution >= 4 is 15.9 Å². The fourth-order valence-electron chi connectivity index (χ4n) is 4.78. The van der Waals surface area contributed by atoms with Crippen molar-refractivity contribution in [1.29, 1.82) is 0 Å². The number of sulfonamides is 1. The summed E-state index contributed by atoms with van der Waals surface area (Å²) in [6, 6.07) is 14.0. The molecule has 0 unspecified atom stereocenters. The normalized spacial score (nSPS) is 23.0. The molecule has 0 radical (unpaired) electrons. The van der Waals surface area contributed by atoms with Crippen LogP contribution in [0.4, 0.5) is 0 Å². The minimum absolute atomic E-state index is 0.133. The van der Waals surface area contributed by atoms with E-state index in [0.717, 1.165) is 17.5 Å². The number of amides is 1. The van der Waals surface area contributed by atoms with Crippen molar-refractivity contribution in [1.82, 2.24) is 9.21 Å². The van der Waals surface area contributed by atoms with Gasteiger partial charge in [0.25, 0.3) is 0 Å². The molecule has 0 aromatic heterocycles. The van der Waals surface area contributed by atoms with Crippen LogP contribution in [0, 0.1) is 24.7 Å². The Labute approximate surface area is 196 Å². The van der Waals surface area contributed by atoms with Gasteiger partial charge >= 0.3 is 0 Å². The molecule has 174 valence electrons. The average Bonchev–Trinajstić information content (AvgIpc) is 2.76. The number of aryl methyl sites for hydroxylation is 1. The standard InChI is InChI=1S/C26H30N2O4S/c1-18(2)7-6-9-20-11-13-21(14-12-20)26-22-15-27(16-25(30)28(22)23(26)17-29)33(31,32)24-10-5-4-8-19(24)3/h4-5,8,10-14,18,22-23,26,29H,7,15-17H2,1-3H3/t22-,23-,26-/m1/s1. The van der Waals surface area contributed by atoms with Crippen LogP contribution in [0.15, 0.2) is 53.4 Å². The first-order valence-corrected chi connectivity index (χ1v) is 12.7. The van der Waals surface area contributed by atoms with Gasteiger partial charge in [0.2, 0.25) is 15.9 Å². The van der Waals surface area contributed by atoms with E-state index in [4.69, 9.17) is 0 Å². The Kier molecular flexibility index (Phi) is 6.62. The number of nitrogens with zero attached hydrogens (tertiary/aromatic N) is 2. The maximum absolute atomic E-state index is 13.3. The van der Waals surface area contributed by atoms with Gasteiger partial charge in [0, 0.05) is 24.4 Å². The predicted molar refractivity (Wildman–Crippen MR) is 127 cm³/mol. The van der Waals surface area contributed by atoms with Crippen LogP contribution in [0.25, 0.3) is 0 Å². The topological polar surface area (TPSA) is 77.9 Å². The van der Waals surface area contributed by atoms with E-state index in [-0.39, 0.29) is 48.5 Å². The summed E-state index contributed by atoms with van der Waals surface area (Å²) in [5.41, 5.74) is 2.55. The van der Waals surface area contributed by atoms with E-state index in [2.05, 4.69) is 25.7 Å². The number of piperazine rings is 1. The molecule has 2 aliphatic heterocycles. The van der Waals surface area contributed by atoms with Crippen molar-refractivity contribution in [3.05, 3.63) is 65.2 Å². The van der Waals surface area contributed by atoms with E-state index < -0.39 is 10.0 Å². The molecule has 0 bridgehead atoms. The van der Waals surface area contributed by atoms with Gasteiger partial charge in [0.15, 0.2) is 0 Å². The number of aliphatic hydroxyl groups excluding tert-OH is 1. The number of carbonyl (C=O) groups excluding carboxylic acids is 1. The van der Waals surface area contributed by atoms with Crippen molar-refractivity contribution in [2.75, 3.05) is 19.7 Å². The highest BCUT2D eigenvalue weighted by molar-refractivity contribution is 7.89. The van der Waals surface area contributed by atoms with Crippen LogP contribution < -0.4 is 0 Å². The monoisotopic (exact) mass is 466 g/mol. The van der Waals surface area contributed by atoms with Crippen molar-refractivity contribution in [3.8, 4) is 11.8 Å². The molecule has 3 atom stereocenters. The molecule has 33 heavy (non-hydrogen) atoms. The lowest BCUT2D eigenvalue weighted by Gasteiger charge is -2.58. The second kappa shape index (κ2) is 9.30. The lowest BCUT2D eigenvalue weighted by Crippen LogP contribution is -2.73. The Hall–Kier alpha value is -2.66. The minimum Gasteiger partial charge on any atom is -0.394 e. The summed E-state index contributed by atoms with van der Waals surface area (Å²) >= 11 is 0. The molecule has 2 heterocycles. The Morgan fingerprint density at radius 1 is 1.12 bits per heavy atom. The summed E-state index contributed by atoms with van der Waals surface area (Å²) < 4.78 is 27.9. The summed E-state index contributed by atoms with van der Waals surface area (Å²) in [6.07, 6.45) is 0.835. The molecule has 0 spiro atoms. The van der Waals surface area contributed by atoms with E-state index >= 15 is 0 Å². The molecule has 0 saturated carbocycles. The van der Waals surface area contributed by atoms with Crippen molar-refractivity contribution < 1.29 is 18.3 Å². The molecule has 7 heteroatoms. The van der Waals surface area contributed by atoms with E-state index in [0.29, 0.717) is 11.5 Å². The van der Waals surface area contributed by atoms with Gasteiger partial charge in [-0.3, -0.25) is 4.79 Å². The zero-order valence-electron chi connectivity index (χ0n) is 19.2. The lowest BCUT2D eigenvalue weighted by atomic mass is 9.74. The molecule has 1 amide bonds. The van der Waals surface area contributed by atoms with Gasteiger partial charge < -0.3 is 10.0 Å². The van der Waals surface area contributed by atoms with Crippen LogP contribution in [-0.4, -0.2) is 60.4 Å². The molecular weight excluding hydrogens is 436 g/mol. The fraction of sp³-hybridized carbons (Fsp3) is 0.423. The van der Waals surface area contributed by atoms with Crippen LogP contribution in [0.5, 0.6) is 0 Å². The van der Waals surface area contributed by atoms with Gasteiger partial charge in [-0.15, -0.1) is 0 Å². The quantitative estimate of drug-likeness (QED) is 0.688. The van der Waals surface area contributed by atoms with Crippen LogP contribution in [0.1, 0.15) is 42.9 Å². The number of hydrogen-bond donors (Lipinski definition) is 1. The van der Waals surface area contributed by atoms with Crippen molar-refractivity contribution in [2.45, 2.75) is 50.1 Å². The summed E-state index contributed by atoms with van der Waals surface area (Å²) in [5, 5.41) is 9.99. The maximum atomic E-state index is 13.3. The minimum atomic E-state index is -3.80. The number of benzene rings is 2. The molecule has 1 N–H and O–H groups in total. The molecule has 2 aromatic rings. The molecule has 6 nitrogen and oxygen atoms in total. The Morgan fingerprint density at radius 3 is 2.45 bits per heavy atom. The highest BCUT2D eigenvalue weighted by Crippen LogP contribution is 2.43. The highest BCUT2D eigenvalue weighted by Gasteiger charge is 2.55. The summed E-state index contributed by atoms with van der Waals surface area (Å²) in [4.78, 5) is 14.8. The smallest absolute Gasteiger partial charge is 0.243 e. The zero-order valence-corrected chi connectivity index (χ0v) is 20.0. The number of rotatable bonds is 5. The third-order valence-electron chi connectivity index (χ3n) is 6.47. The van der Waals surface area contributed by atoms with Gasteiger partial charge in [0.1, 0.15) is 0 Å². The maximum Gasteiger partial charge on any atom is 0.243 e. The molecule has 2 saturated heterocycles. The molecule has 0 aliphatic carbocycles. The third kappa shape index (κ3) is 4.43. The zero-order chi connectivity index (χ0) is 23.8. The number of hydrogen-bond acceptors (Lipinski definition) is 4. The summed E-state index contributed by atoms with van der Waals surface area (Å²) in [5.74, 6) is 6.46. The summed E-state index contributed by atoms with van der Waals surface area (Å²) in [6.45, 7) is 5.85. The number of aliphatic hydroxyl groups is 1. The highest BCUT2D eigenvalue weighted by atomic mass is 32.2. The van der Waals surface area contributed by atoms with Crippen molar-refractivity contribution in [3.63, 3.8) is 0 Å². The number of fused-ring (bicyclic) bond motifs is 1. The fourth-order valence-corrected chi connectivity index (χ4v) is 6.42. The van der Waals surface area contributed by atoms with E-state index in [9.17, 15) is 18.3 Å². The van der Waals surface area contributed by atoms with Crippen LogP contribution in [0.2, 0.25) is 0 Å². The average molecular weight is 467 g/mol. The Morgan fingerprint density at radius 2 is 1.82 bits per heavy atom. The second-order valence-corrected chi connectivity index (χ2v) is 11.1. The Bertz CT molecular complexity index is 1190. The van der Waals surface area contributed by atoms with E-state index in [1.807, 2.05) is 24.3 Å². The molecular formula is C26H30N2O4S. The predicted octanol–water partition coefficient (Wildman–Crippen LogP) is 2.75. The molecule has 2 aromatic carbocycles. The van der Waals surface area contributed by atoms with E-state index in [1.165, 1.54) is 4.31 Å². The van der Waals surface area contributed by atoms with Crippen LogP contribution >= 0.6 is 0 Å². The van der Waals surface area contributed by atoms with Gasteiger partial charge in [-0.25, -0.2) is 8.42 Å². The Balaban J connectivity index is 1.58. The molecule has 2 fully saturated rings. The van der Waals surface area contributed by atoms with Gasteiger partial charge in [0.05, 0.1) is 30.1 Å². The number of carbonyl (C=O) groups is 1. The van der Waals surface area contributed by atoms with Crippen molar-refractivity contribution in [2.24, 2.45) is 5.92 Å². The third-order valence-corrected chi connectivity index (χ3v) is 8.44. The van der Waals surface area contributed by atoms with Gasteiger partial charge in [-0.2, -0.15) is 4.31 Å². The largest absolute Gasteiger partial charge is 0.394 e. The lowest BCUT2D eigenvalue weighted by molar-refractivity contribution is -0.158. The first kappa shape index (κ1) is 23.5. The van der Waals surface area contributed by atoms with Crippen LogP contribution in [0.3, 0.4) is 0 Å².